The van der Waals surface area contributed by atoms with Crippen molar-refractivity contribution in [2.45, 2.75) is 38.0 Å². The van der Waals surface area contributed by atoms with Crippen LogP contribution in [-0.4, -0.2) is 32.2 Å². The molecule has 5 nitrogen and oxygen atoms in total. The monoisotopic (exact) mass is 220 g/mol. The van der Waals surface area contributed by atoms with Crippen molar-refractivity contribution >= 4 is 15.9 Å². The molecule has 82 valence electrons. The number of rotatable bonds is 5. The van der Waals surface area contributed by atoms with Crippen molar-refractivity contribution in [3.63, 3.8) is 0 Å². The van der Waals surface area contributed by atoms with Crippen LogP contribution in [0.2, 0.25) is 0 Å². The molecule has 14 heavy (non-hydrogen) atoms. The minimum absolute atomic E-state index is 0.156. The summed E-state index contributed by atoms with van der Waals surface area (Å²) in [5.74, 6) is -0.253. The molecule has 0 unspecified atom stereocenters. The van der Waals surface area contributed by atoms with E-state index < -0.39 is 15.3 Å². The summed E-state index contributed by atoms with van der Waals surface area (Å²) in [6.07, 6.45) is 2.01. The average molecular weight is 220 g/mol. The van der Waals surface area contributed by atoms with Crippen LogP contribution in [0.1, 0.15) is 26.7 Å². The number of hydrogen-bond donors (Lipinski definition) is 2. The molecular weight excluding hydrogens is 204 g/mol. The highest BCUT2D eigenvalue weighted by Crippen LogP contribution is 2.18. The Bertz CT molecular complexity index is 307. The third kappa shape index (κ3) is 3.63. The largest absolute Gasteiger partial charge is 0.352 e. The second kappa shape index (κ2) is 4.27. The molecule has 0 aromatic rings. The van der Waals surface area contributed by atoms with Gasteiger partial charge in [-0.25, -0.2) is 13.1 Å². The second-order valence-corrected chi connectivity index (χ2v) is 6.08. The van der Waals surface area contributed by atoms with Gasteiger partial charge in [0.1, 0.15) is 0 Å². The first-order chi connectivity index (χ1) is 6.42. The lowest BCUT2D eigenvalue weighted by atomic mass is 10.5. The van der Waals surface area contributed by atoms with Crippen LogP contribution in [0, 0.1) is 0 Å². The number of nitrogens with one attached hydrogen (secondary N) is 2. The molecule has 1 aliphatic carbocycles. The Kier molecular flexibility index (Phi) is 3.49. The molecule has 0 atom stereocenters. The van der Waals surface area contributed by atoms with Gasteiger partial charge in [-0.05, 0) is 26.7 Å². The number of hydrogen-bond acceptors (Lipinski definition) is 3. The smallest absolute Gasteiger partial charge is 0.235 e. The highest BCUT2D eigenvalue weighted by atomic mass is 32.2. The van der Waals surface area contributed by atoms with E-state index in [1.165, 1.54) is 0 Å². The van der Waals surface area contributed by atoms with Gasteiger partial charge < -0.3 is 5.32 Å². The van der Waals surface area contributed by atoms with Gasteiger partial charge in [0.15, 0.2) is 0 Å². The fourth-order valence-corrected chi connectivity index (χ4v) is 1.50. The van der Waals surface area contributed by atoms with Crippen LogP contribution in [0.5, 0.6) is 0 Å². The molecular formula is C8H16N2O3S. The van der Waals surface area contributed by atoms with Crippen LogP contribution in [-0.2, 0) is 14.8 Å². The van der Waals surface area contributed by atoms with E-state index in [0.29, 0.717) is 0 Å². The third-order valence-corrected chi connectivity index (χ3v) is 3.78. The van der Waals surface area contributed by atoms with Crippen LogP contribution in [0.15, 0.2) is 0 Å². The fraction of sp³-hybridized carbons (Fsp3) is 0.875. The van der Waals surface area contributed by atoms with E-state index in [4.69, 9.17) is 0 Å². The third-order valence-electron chi connectivity index (χ3n) is 2.00. The van der Waals surface area contributed by atoms with Gasteiger partial charge in [0.25, 0.3) is 0 Å². The maximum absolute atomic E-state index is 11.2. The standard InChI is InChI=1S/C8H16N2O3S/c1-6(2)14(12,13)9-5-8(11)10-7-3-4-7/h6-7,9H,3-5H2,1-2H3,(H,10,11). The summed E-state index contributed by atoms with van der Waals surface area (Å²) in [5, 5.41) is 2.20. The van der Waals surface area contributed by atoms with E-state index in [9.17, 15) is 13.2 Å². The van der Waals surface area contributed by atoms with E-state index in [-0.39, 0.29) is 18.5 Å². The summed E-state index contributed by atoms with van der Waals surface area (Å²) < 4.78 is 24.7. The Morgan fingerprint density at radius 1 is 1.43 bits per heavy atom. The van der Waals surface area contributed by atoms with Gasteiger partial charge in [-0.1, -0.05) is 0 Å². The summed E-state index contributed by atoms with van der Waals surface area (Å²) in [6.45, 7) is 2.99. The van der Waals surface area contributed by atoms with Crippen molar-refractivity contribution in [3.05, 3.63) is 0 Å². The molecule has 0 aromatic heterocycles. The SMILES string of the molecule is CC(C)S(=O)(=O)NCC(=O)NC1CC1. The average Bonchev–Trinajstić information content (AvgIpc) is 2.85. The molecule has 1 amide bonds. The van der Waals surface area contributed by atoms with Crippen molar-refractivity contribution in [2.24, 2.45) is 0 Å². The normalized spacial score (nSPS) is 17.1. The van der Waals surface area contributed by atoms with E-state index in [1.807, 2.05) is 0 Å². The van der Waals surface area contributed by atoms with Crippen LogP contribution in [0.25, 0.3) is 0 Å². The molecule has 1 fully saturated rings. The van der Waals surface area contributed by atoms with E-state index in [0.717, 1.165) is 12.8 Å². The predicted octanol–water partition coefficient (Wildman–Crippen LogP) is -0.407. The lowest BCUT2D eigenvalue weighted by Crippen LogP contribution is -2.40. The Labute approximate surface area is 84.3 Å². The van der Waals surface area contributed by atoms with Gasteiger partial charge in [0, 0.05) is 6.04 Å². The maximum Gasteiger partial charge on any atom is 0.235 e. The molecule has 0 heterocycles. The van der Waals surface area contributed by atoms with Crippen molar-refractivity contribution in [3.8, 4) is 0 Å². The topological polar surface area (TPSA) is 75.3 Å². The zero-order valence-electron chi connectivity index (χ0n) is 8.41. The molecule has 2 N–H and O–H groups in total. The first kappa shape index (κ1) is 11.5. The molecule has 1 saturated carbocycles. The highest BCUT2D eigenvalue weighted by molar-refractivity contribution is 7.90. The van der Waals surface area contributed by atoms with Gasteiger partial charge >= 0.3 is 0 Å². The van der Waals surface area contributed by atoms with Crippen LogP contribution in [0.4, 0.5) is 0 Å². The first-order valence-electron chi connectivity index (χ1n) is 4.69. The lowest BCUT2D eigenvalue weighted by molar-refractivity contribution is -0.120. The van der Waals surface area contributed by atoms with Gasteiger partial charge in [-0.15, -0.1) is 0 Å². The van der Waals surface area contributed by atoms with Gasteiger partial charge in [-0.3, -0.25) is 4.79 Å². The van der Waals surface area contributed by atoms with Crippen molar-refractivity contribution < 1.29 is 13.2 Å². The zero-order chi connectivity index (χ0) is 10.8. The molecule has 0 bridgehead atoms. The molecule has 0 aliphatic heterocycles. The molecule has 0 spiro atoms. The Morgan fingerprint density at radius 2 is 2.00 bits per heavy atom. The maximum atomic E-state index is 11.2. The highest BCUT2D eigenvalue weighted by Gasteiger charge is 2.24. The molecule has 0 saturated heterocycles. The van der Waals surface area contributed by atoms with Crippen molar-refractivity contribution in [1.29, 1.82) is 0 Å². The summed E-state index contributed by atoms with van der Waals surface area (Å²) in [5.41, 5.74) is 0. The quantitative estimate of drug-likeness (QED) is 0.661. The molecule has 0 radical (unpaired) electrons. The Hall–Kier alpha value is -0.620. The molecule has 6 heteroatoms. The molecule has 1 aliphatic rings. The molecule has 0 aromatic carbocycles. The van der Waals surface area contributed by atoms with E-state index in [2.05, 4.69) is 10.0 Å². The van der Waals surface area contributed by atoms with Crippen LogP contribution < -0.4 is 10.0 Å². The van der Waals surface area contributed by atoms with E-state index >= 15 is 0 Å². The minimum atomic E-state index is -3.32. The summed E-state index contributed by atoms with van der Waals surface area (Å²) >= 11 is 0. The fourth-order valence-electron chi connectivity index (χ4n) is 0.839. The number of amides is 1. The van der Waals surface area contributed by atoms with E-state index in [1.54, 1.807) is 13.8 Å². The summed E-state index contributed by atoms with van der Waals surface area (Å²) in [7, 11) is -3.32. The lowest BCUT2D eigenvalue weighted by Gasteiger charge is -2.09. The number of sulfonamides is 1. The number of carbonyl (C=O) groups is 1. The second-order valence-electron chi connectivity index (χ2n) is 3.76. The summed E-state index contributed by atoms with van der Waals surface area (Å²) in [4.78, 5) is 11.1. The predicted molar refractivity (Wildman–Crippen MR) is 53.2 cm³/mol. The first-order valence-corrected chi connectivity index (χ1v) is 6.24. The Balaban J connectivity index is 2.28. The van der Waals surface area contributed by atoms with Gasteiger partial charge in [0.05, 0.1) is 11.8 Å². The minimum Gasteiger partial charge on any atom is -0.352 e. The summed E-state index contributed by atoms with van der Waals surface area (Å²) in [6, 6.07) is 0.269. The van der Waals surface area contributed by atoms with Gasteiger partial charge in [0.2, 0.25) is 15.9 Å². The van der Waals surface area contributed by atoms with Crippen molar-refractivity contribution in [2.75, 3.05) is 6.54 Å². The van der Waals surface area contributed by atoms with Crippen molar-refractivity contribution in [1.82, 2.24) is 10.0 Å². The van der Waals surface area contributed by atoms with Gasteiger partial charge in [-0.2, -0.15) is 0 Å². The zero-order valence-corrected chi connectivity index (χ0v) is 9.23. The van der Waals surface area contributed by atoms with Crippen LogP contribution >= 0.6 is 0 Å². The molecule has 1 rings (SSSR count). The van der Waals surface area contributed by atoms with Crippen LogP contribution in [0.3, 0.4) is 0 Å². The number of carbonyl (C=O) groups excluding carboxylic acids is 1. The Morgan fingerprint density at radius 3 is 2.43 bits per heavy atom.